The standard InChI is InChI=1S/C14H18ClNO2/c15-9-11-1-3-12(4-2-11)10-16-14(17)13-5-7-18-8-6-13/h1-4,13H,5-10H2,(H,16,17). The van der Waals surface area contributed by atoms with Gasteiger partial charge in [0.15, 0.2) is 0 Å². The summed E-state index contributed by atoms with van der Waals surface area (Å²) in [5, 5.41) is 2.98. The van der Waals surface area contributed by atoms with Crippen molar-refractivity contribution in [1.82, 2.24) is 5.32 Å². The number of rotatable bonds is 4. The van der Waals surface area contributed by atoms with Gasteiger partial charge in [-0.25, -0.2) is 0 Å². The van der Waals surface area contributed by atoms with Gasteiger partial charge >= 0.3 is 0 Å². The van der Waals surface area contributed by atoms with Crippen LogP contribution in [0.15, 0.2) is 24.3 Å². The molecule has 0 unspecified atom stereocenters. The lowest BCUT2D eigenvalue weighted by atomic mass is 9.99. The average molecular weight is 268 g/mol. The topological polar surface area (TPSA) is 38.3 Å². The zero-order chi connectivity index (χ0) is 12.8. The van der Waals surface area contributed by atoms with E-state index in [0.717, 1.165) is 24.0 Å². The predicted molar refractivity (Wildman–Crippen MR) is 71.4 cm³/mol. The Morgan fingerprint density at radius 3 is 2.44 bits per heavy atom. The molecule has 1 N–H and O–H groups in total. The van der Waals surface area contributed by atoms with Gasteiger partial charge in [-0.15, -0.1) is 11.6 Å². The van der Waals surface area contributed by atoms with Crippen molar-refractivity contribution < 1.29 is 9.53 Å². The van der Waals surface area contributed by atoms with Crippen molar-refractivity contribution >= 4 is 17.5 Å². The van der Waals surface area contributed by atoms with Gasteiger partial charge < -0.3 is 10.1 Å². The molecule has 18 heavy (non-hydrogen) atoms. The number of carbonyl (C=O) groups is 1. The van der Waals surface area contributed by atoms with E-state index in [9.17, 15) is 4.79 Å². The fourth-order valence-corrected chi connectivity index (χ4v) is 2.22. The molecule has 0 atom stereocenters. The Balaban J connectivity index is 1.80. The molecule has 3 nitrogen and oxygen atoms in total. The lowest BCUT2D eigenvalue weighted by Gasteiger charge is -2.21. The molecule has 1 aliphatic heterocycles. The first-order chi connectivity index (χ1) is 8.79. The van der Waals surface area contributed by atoms with Gasteiger partial charge in [0.25, 0.3) is 0 Å². The van der Waals surface area contributed by atoms with E-state index in [2.05, 4.69) is 5.32 Å². The Hall–Kier alpha value is -1.06. The molecule has 1 aromatic carbocycles. The second-order valence-electron chi connectivity index (χ2n) is 4.55. The number of hydrogen-bond acceptors (Lipinski definition) is 2. The first kappa shape index (κ1) is 13.4. The summed E-state index contributed by atoms with van der Waals surface area (Å²) in [6.45, 7) is 1.98. The maximum Gasteiger partial charge on any atom is 0.223 e. The highest BCUT2D eigenvalue weighted by Crippen LogP contribution is 2.15. The molecule has 1 saturated heterocycles. The van der Waals surface area contributed by atoms with Crippen LogP contribution in [0.4, 0.5) is 0 Å². The molecular weight excluding hydrogens is 250 g/mol. The highest BCUT2D eigenvalue weighted by atomic mass is 35.5. The number of ether oxygens (including phenoxy) is 1. The number of hydrogen-bond donors (Lipinski definition) is 1. The highest BCUT2D eigenvalue weighted by molar-refractivity contribution is 6.17. The third-order valence-electron chi connectivity index (χ3n) is 3.24. The second-order valence-corrected chi connectivity index (χ2v) is 4.82. The summed E-state index contributed by atoms with van der Waals surface area (Å²) >= 11 is 5.73. The number of nitrogens with one attached hydrogen (secondary N) is 1. The second kappa shape index (κ2) is 6.76. The fourth-order valence-electron chi connectivity index (χ4n) is 2.04. The van der Waals surface area contributed by atoms with Gasteiger partial charge in [0.05, 0.1) is 0 Å². The van der Waals surface area contributed by atoms with Crippen molar-refractivity contribution in [2.75, 3.05) is 13.2 Å². The van der Waals surface area contributed by atoms with Crippen molar-refractivity contribution in [1.29, 1.82) is 0 Å². The quantitative estimate of drug-likeness (QED) is 0.851. The minimum Gasteiger partial charge on any atom is -0.381 e. The van der Waals surface area contributed by atoms with E-state index in [-0.39, 0.29) is 11.8 Å². The SMILES string of the molecule is O=C(NCc1ccc(CCl)cc1)C1CCOCC1. The molecule has 1 amide bonds. The molecule has 0 spiro atoms. The molecule has 4 heteroatoms. The van der Waals surface area contributed by atoms with Crippen LogP contribution in [0.1, 0.15) is 24.0 Å². The third kappa shape index (κ3) is 3.72. The van der Waals surface area contributed by atoms with Crippen LogP contribution in [0.5, 0.6) is 0 Å². The van der Waals surface area contributed by atoms with Crippen LogP contribution in [0.2, 0.25) is 0 Å². The van der Waals surface area contributed by atoms with Crippen molar-refractivity contribution in [3.8, 4) is 0 Å². The first-order valence-electron chi connectivity index (χ1n) is 6.29. The van der Waals surface area contributed by atoms with Crippen LogP contribution in [0.3, 0.4) is 0 Å². The van der Waals surface area contributed by atoms with Gasteiger partial charge in [-0.2, -0.15) is 0 Å². The van der Waals surface area contributed by atoms with Crippen molar-refractivity contribution in [2.24, 2.45) is 5.92 Å². The molecule has 1 aromatic rings. The first-order valence-corrected chi connectivity index (χ1v) is 6.82. The van der Waals surface area contributed by atoms with Crippen molar-refractivity contribution in [2.45, 2.75) is 25.3 Å². The molecule has 1 heterocycles. The smallest absolute Gasteiger partial charge is 0.223 e. The number of halogens is 1. The van der Waals surface area contributed by atoms with Gasteiger partial charge in [-0.3, -0.25) is 4.79 Å². The van der Waals surface area contributed by atoms with E-state index in [0.29, 0.717) is 25.6 Å². The summed E-state index contributed by atoms with van der Waals surface area (Å²) in [6, 6.07) is 7.98. The van der Waals surface area contributed by atoms with Gasteiger partial charge in [0, 0.05) is 31.6 Å². The van der Waals surface area contributed by atoms with Crippen LogP contribution in [-0.2, 0) is 22.0 Å². The number of carbonyl (C=O) groups excluding carboxylic acids is 1. The maximum atomic E-state index is 11.9. The highest BCUT2D eigenvalue weighted by Gasteiger charge is 2.20. The number of benzene rings is 1. The van der Waals surface area contributed by atoms with Gasteiger partial charge in [0.1, 0.15) is 0 Å². The Labute approximate surface area is 112 Å². The Morgan fingerprint density at radius 1 is 1.22 bits per heavy atom. The van der Waals surface area contributed by atoms with Gasteiger partial charge in [0.2, 0.25) is 5.91 Å². The maximum absolute atomic E-state index is 11.9. The molecule has 0 bridgehead atoms. The van der Waals surface area contributed by atoms with E-state index < -0.39 is 0 Å². The largest absolute Gasteiger partial charge is 0.381 e. The normalized spacial score (nSPS) is 16.5. The lowest BCUT2D eigenvalue weighted by molar-refractivity contribution is -0.128. The Morgan fingerprint density at radius 2 is 1.83 bits per heavy atom. The van der Waals surface area contributed by atoms with Crippen molar-refractivity contribution in [3.63, 3.8) is 0 Å². The van der Waals surface area contributed by atoms with Crippen LogP contribution >= 0.6 is 11.6 Å². The fraction of sp³-hybridized carbons (Fsp3) is 0.500. The van der Waals surface area contributed by atoms with Gasteiger partial charge in [-0.1, -0.05) is 24.3 Å². The van der Waals surface area contributed by atoms with Crippen LogP contribution in [0.25, 0.3) is 0 Å². The number of amides is 1. The Bertz CT molecular complexity index is 385. The van der Waals surface area contributed by atoms with Crippen LogP contribution in [-0.4, -0.2) is 19.1 Å². The summed E-state index contributed by atoms with van der Waals surface area (Å²) in [5.41, 5.74) is 2.19. The molecule has 0 radical (unpaired) electrons. The Kier molecular flexibility index (Phi) is 5.02. The number of alkyl halides is 1. The van der Waals surface area contributed by atoms with E-state index in [1.54, 1.807) is 0 Å². The summed E-state index contributed by atoms with van der Waals surface area (Å²) < 4.78 is 5.25. The van der Waals surface area contributed by atoms with E-state index in [1.807, 2.05) is 24.3 Å². The third-order valence-corrected chi connectivity index (χ3v) is 3.54. The van der Waals surface area contributed by atoms with E-state index >= 15 is 0 Å². The lowest BCUT2D eigenvalue weighted by Crippen LogP contribution is -2.33. The minimum absolute atomic E-state index is 0.112. The molecule has 0 aliphatic carbocycles. The molecule has 2 rings (SSSR count). The summed E-state index contributed by atoms with van der Waals surface area (Å²) in [6.07, 6.45) is 1.66. The average Bonchev–Trinajstić information content (AvgIpc) is 2.46. The summed E-state index contributed by atoms with van der Waals surface area (Å²) in [4.78, 5) is 11.9. The zero-order valence-electron chi connectivity index (χ0n) is 10.3. The summed E-state index contributed by atoms with van der Waals surface area (Å²) in [5.74, 6) is 0.773. The molecule has 0 saturated carbocycles. The molecule has 0 aromatic heterocycles. The predicted octanol–water partition coefficient (Wildman–Crippen LogP) is 2.47. The van der Waals surface area contributed by atoms with E-state index in [1.165, 1.54) is 0 Å². The minimum atomic E-state index is 0.112. The van der Waals surface area contributed by atoms with Crippen molar-refractivity contribution in [3.05, 3.63) is 35.4 Å². The summed E-state index contributed by atoms with van der Waals surface area (Å²) in [7, 11) is 0. The van der Waals surface area contributed by atoms with Gasteiger partial charge in [-0.05, 0) is 24.0 Å². The van der Waals surface area contributed by atoms with Crippen LogP contribution in [0, 0.1) is 5.92 Å². The molecular formula is C14H18ClNO2. The van der Waals surface area contributed by atoms with E-state index in [4.69, 9.17) is 16.3 Å². The molecule has 1 fully saturated rings. The van der Waals surface area contributed by atoms with Crippen LogP contribution < -0.4 is 5.32 Å². The molecule has 1 aliphatic rings. The monoisotopic (exact) mass is 267 g/mol. The zero-order valence-corrected chi connectivity index (χ0v) is 11.1. The molecule has 98 valence electrons.